The van der Waals surface area contributed by atoms with E-state index in [4.69, 9.17) is 0 Å². The maximum absolute atomic E-state index is 12.9. The van der Waals surface area contributed by atoms with Gasteiger partial charge in [-0.15, -0.1) is 0 Å². The molecule has 0 aromatic carbocycles. The fourth-order valence-electron chi connectivity index (χ4n) is 2.91. The zero-order valence-electron chi connectivity index (χ0n) is 15.1. The predicted molar refractivity (Wildman–Crippen MR) is 93.6 cm³/mol. The van der Waals surface area contributed by atoms with Crippen molar-refractivity contribution >= 4 is 24.0 Å². The number of amides is 3. The van der Waals surface area contributed by atoms with Gasteiger partial charge in [0.15, 0.2) is 0 Å². The molecular weight excluding hydrogens is 357 g/mol. The summed E-state index contributed by atoms with van der Waals surface area (Å²) in [7, 11) is 0. The van der Waals surface area contributed by atoms with E-state index in [9.17, 15) is 24.0 Å². The van der Waals surface area contributed by atoms with Gasteiger partial charge in [-0.2, -0.15) is 0 Å². The molecule has 148 valence electrons. The normalized spacial score (nSPS) is 17.4. The van der Waals surface area contributed by atoms with Gasteiger partial charge in [0.05, 0.1) is 18.7 Å². The number of hydrogen-bond acceptors (Lipinski definition) is 6. The molecule has 10 heteroatoms. The molecule has 1 aliphatic heterocycles. The first-order chi connectivity index (χ1) is 13.0. The lowest BCUT2D eigenvalue weighted by atomic mass is 10.00. The third kappa shape index (κ3) is 5.69. The Hall–Kier alpha value is -2.59. The zero-order valence-corrected chi connectivity index (χ0v) is 15.1. The van der Waals surface area contributed by atoms with Crippen molar-refractivity contribution in [2.75, 3.05) is 18.4 Å². The Labute approximate surface area is 156 Å². The standard InChI is InChI=1S/C17H24FN5O4/c1-2-3-4-12(10-22(27)11-24)17(26)23-14(7-8-20-23)16(25)21-15-6-5-13(18)9-19-15/h5-6,9,11-12,14,20,27H,2-4,7-8,10H2,1H3,(H,19,21,25)/t12-,14?/m1/s1. The lowest BCUT2D eigenvalue weighted by Crippen LogP contribution is -2.51. The van der Waals surface area contributed by atoms with E-state index in [1.807, 2.05) is 6.92 Å². The molecule has 0 radical (unpaired) electrons. The summed E-state index contributed by atoms with van der Waals surface area (Å²) in [4.78, 5) is 39.9. The Morgan fingerprint density at radius 2 is 2.33 bits per heavy atom. The van der Waals surface area contributed by atoms with Crippen molar-refractivity contribution < 1.29 is 24.0 Å². The van der Waals surface area contributed by atoms with Crippen LogP contribution in [0.3, 0.4) is 0 Å². The van der Waals surface area contributed by atoms with Gasteiger partial charge in [0.25, 0.3) is 0 Å². The van der Waals surface area contributed by atoms with E-state index >= 15 is 0 Å². The average molecular weight is 381 g/mol. The number of hydrogen-bond donors (Lipinski definition) is 3. The molecule has 1 fully saturated rings. The predicted octanol–water partition coefficient (Wildman–Crippen LogP) is 0.919. The SMILES string of the molecule is CCCC[C@H](CN(O)C=O)C(=O)N1NCCC1C(=O)Nc1ccc(F)cn1. The van der Waals surface area contributed by atoms with Crippen LogP contribution in [-0.2, 0) is 14.4 Å². The highest BCUT2D eigenvalue weighted by Crippen LogP contribution is 2.19. The highest BCUT2D eigenvalue weighted by Gasteiger charge is 2.37. The van der Waals surface area contributed by atoms with E-state index < -0.39 is 23.7 Å². The molecule has 3 N–H and O–H groups in total. The number of hydroxylamine groups is 2. The number of pyridine rings is 1. The number of carbonyl (C=O) groups is 3. The quantitative estimate of drug-likeness (QED) is 0.333. The van der Waals surface area contributed by atoms with E-state index in [1.165, 1.54) is 17.1 Å². The second kappa shape index (κ2) is 9.93. The molecule has 1 aromatic rings. The van der Waals surface area contributed by atoms with Gasteiger partial charge in [-0.25, -0.2) is 19.9 Å². The summed E-state index contributed by atoms with van der Waals surface area (Å²) in [5, 5.41) is 13.7. The molecule has 1 saturated heterocycles. The molecular formula is C17H24FN5O4. The van der Waals surface area contributed by atoms with Crippen LogP contribution in [0, 0.1) is 11.7 Å². The van der Waals surface area contributed by atoms with Crippen LogP contribution < -0.4 is 10.7 Å². The van der Waals surface area contributed by atoms with Gasteiger partial charge in [-0.3, -0.25) is 24.6 Å². The highest BCUT2D eigenvalue weighted by molar-refractivity contribution is 5.97. The molecule has 0 spiro atoms. The number of unbranched alkanes of at least 4 members (excludes halogenated alkanes) is 1. The molecule has 9 nitrogen and oxygen atoms in total. The molecule has 0 aliphatic carbocycles. The molecule has 1 aromatic heterocycles. The highest BCUT2D eigenvalue weighted by atomic mass is 19.1. The molecule has 27 heavy (non-hydrogen) atoms. The summed E-state index contributed by atoms with van der Waals surface area (Å²) in [6.07, 6.45) is 3.70. The van der Waals surface area contributed by atoms with Crippen molar-refractivity contribution in [2.24, 2.45) is 5.92 Å². The van der Waals surface area contributed by atoms with Gasteiger partial charge in [-0.05, 0) is 25.0 Å². The van der Waals surface area contributed by atoms with Crippen LogP contribution in [0.15, 0.2) is 18.3 Å². The molecule has 0 bridgehead atoms. The summed E-state index contributed by atoms with van der Waals surface area (Å²) < 4.78 is 12.9. The number of aromatic nitrogens is 1. The summed E-state index contributed by atoms with van der Waals surface area (Å²) in [5.74, 6) is -1.78. The number of rotatable bonds is 9. The van der Waals surface area contributed by atoms with E-state index in [1.54, 1.807) is 0 Å². The average Bonchev–Trinajstić information content (AvgIpc) is 3.16. The van der Waals surface area contributed by atoms with Gasteiger partial charge in [0.1, 0.15) is 17.7 Å². The third-order valence-electron chi connectivity index (χ3n) is 4.31. The van der Waals surface area contributed by atoms with Crippen molar-refractivity contribution in [3.05, 3.63) is 24.1 Å². The Bertz CT molecular complexity index is 657. The third-order valence-corrected chi connectivity index (χ3v) is 4.31. The second-order valence-electron chi connectivity index (χ2n) is 6.34. The number of carbonyl (C=O) groups excluding carboxylic acids is 3. The van der Waals surface area contributed by atoms with Gasteiger partial charge in [0, 0.05) is 6.54 Å². The van der Waals surface area contributed by atoms with E-state index in [0.29, 0.717) is 24.4 Å². The molecule has 2 heterocycles. The smallest absolute Gasteiger partial charge is 0.250 e. The molecule has 2 atom stereocenters. The lowest BCUT2D eigenvalue weighted by molar-refractivity contribution is -0.159. The van der Waals surface area contributed by atoms with Gasteiger partial charge in [-0.1, -0.05) is 19.8 Å². The van der Waals surface area contributed by atoms with Gasteiger partial charge >= 0.3 is 0 Å². The van der Waals surface area contributed by atoms with Crippen LogP contribution in [-0.4, -0.2) is 57.6 Å². The first-order valence-corrected chi connectivity index (χ1v) is 8.86. The second-order valence-corrected chi connectivity index (χ2v) is 6.34. The van der Waals surface area contributed by atoms with Gasteiger partial charge in [0.2, 0.25) is 18.2 Å². The minimum atomic E-state index is -0.767. The van der Waals surface area contributed by atoms with Crippen molar-refractivity contribution in [1.82, 2.24) is 20.5 Å². The van der Waals surface area contributed by atoms with Crippen LogP contribution in [0.1, 0.15) is 32.6 Å². The number of anilines is 1. The van der Waals surface area contributed by atoms with E-state index in [0.717, 1.165) is 19.0 Å². The molecule has 0 saturated carbocycles. The molecule has 1 aliphatic rings. The Balaban J connectivity index is 2.06. The molecule has 3 amide bonds. The van der Waals surface area contributed by atoms with Crippen molar-refractivity contribution in [1.29, 1.82) is 0 Å². The van der Waals surface area contributed by atoms with Crippen molar-refractivity contribution in [3.8, 4) is 0 Å². The van der Waals surface area contributed by atoms with E-state index in [-0.39, 0.29) is 24.7 Å². The van der Waals surface area contributed by atoms with Crippen molar-refractivity contribution in [2.45, 2.75) is 38.6 Å². The zero-order chi connectivity index (χ0) is 19.8. The summed E-state index contributed by atoms with van der Waals surface area (Å²) in [6.45, 7) is 2.25. The number of hydrazine groups is 1. The fraction of sp³-hybridized carbons (Fsp3) is 0.529. The van der Waals surface area contributed by atoms with Gasteiger partial charge < -0.3 is 5.32 Å². The largest absolute Gasteiger partial charge is 0.309 e. The number of nitrogens with zero attached hydrogens (tertiary/aromatic N) is 3. The maximum atomic E-state index is 12.9. The molecule has 1 unspecified atom stereocenters. The minimum Gasteiger partial charge on any atom is -0.309 e. The lowest BCUT2D eigenvalue weighted by Gasteiger charge is -2.28. The first-order valence-electron chi connectivity index (χ1n) is 8.86. The van der Waals surface area contributed by atoms with Crippen LogP contribution in [0.4, 0.5) is 10.2 Å². The number of nitrogens with one attached hydrogen (secondary N) is 2. The van der Waals surface area contributed by atoms with Crippen molar-refractivity contribution in [3.63, 3.8) is 0 Å². The molecule has 2 rings (SSSR count). The van der Waals surface area contributed by atoms with E-state index in [2.05, 4.69) is 15.7 Å². The van der Waals surface area contributed by atoms with Crippen LogP contribution in [0.25, 0.3) is 0 Å². The first kappa shape index (κ1) is 20.7. The summed E-state index contributed by atoms with van der Waals surface area (Å²) in [5.41, 5.74) is 2.88. The monoisotopic (exact) mass is 381 g/mol. The van der Waals surface area contributed by atoms with Crippen LogP contribution in [0.5, 0.6) is 0 Å². The Morgan fingerprint density at radius 1 is 1.56 bits per heavy atom. The summed E-state index contributed by atoms with van der Waals surface area (Å²) >= 11 is 0. The minimum absolute atomic E-state index is 0.144. The Kier molecular flexibility index (Phi) is 7.62. The van der Waals surface area contributed by atoms with Crippen LogP contribution >= 0.6 is 0 Å². The fourth-order valence-corrected chi connectivity index (χ4v) is 2.91. The number of halogens is 1. The van der Waals surface area contributed by atoms with Crippen LogP contribution in [0.2, 0.25) is 0 Å². The maximum Gasteiger partial charge on any atom is 0.250 e. The topological polar surface area (TPSA) is 115 Å². The Morgan fingerprint density at radius 3 is 2.96 bits per heavy atom. The summed E-state index contributed by atoms with van der Waals surface area (Å²) in [6, 6.07) is 1.74.